The number of piperazine rings is 1. The predicted molar refractivity (Wildman–Crippen MR) is 139 cm³/mol. The Balaban J connectivity index is 1.44. The Kier molecular flexibility index (Phi) is 7.15. The van der Waals surface area contributed by atoms with Gasteiger partial charge in [-0.05, 0) is 50.2 Å². The van der Waals surface area contributed by atoms with Crippen LogP contribution in [0.4, 0.5) is 22.0 Å². The number of carbonyl (C=O) groups is 1. The van der Waals surface area contributed by atoms with E-state index in [9.17, 15) is 13.2 Å². The first-order valence-electron chi connectivity index (χ1n) is 11.5. The fraction of sp³-hybridized carbons (Fsp3) is 0.391. The Morgan fingerprint density at radius 1 is 1.09 bits per heavy atom. The third-order valence-corrected chi connectivity index (χ3v) is 6.64. The van der Waals surface area contributed by atoms with Gasteiger partial charge in [-0.1, -0.05) is 0 Å². The first-order valence-corrected chi connectivity index (χ1v) is 13.0. The lowest BCUT2D eigenvalue weighted by Gasteiger charge is -2.36. The van der Waals surface area contributed by atoms with Crippen molar-refractivity contribution < 1.29 is 13.2 Å². The predicted octanol–water partition coefficient (Wildman–Crippen LogP) is 2.37. The highest BCUT2D eigenvalue weighted by Crippen LogP contribution is 2.26. The number of nitrogens with zero attached hydrogens (tertiary/aromatic N) is 5. The second-order valence-electron chi connectivity index (χ2n) is 8.98. The van der Waals surface area contributed by atoms with Gasteiger partial charge in [0.15, 0.2) is 5.82 Å². The molecule has 0 atom stereocenters. The molecular formula is C23H32N8O3S. The van der Waals surface area contributed by atoms with Gasteiger partial charge in [-0.15, -0.1) is 4.83 Å². The van der Waals surface area contributed by atoms with Crippen LogP contribution in [-0.2, 0) is 10.2 Å². The van der Waals surface area contributed by atoms with Crippen molar-refractivity contribution in [2.75, 3.05) is 55.2 Å². The molecule has 0 bridgehead atoms. The van der Waals surface area contributed by atoms with E-state index in [1.807, 2.05) is 17.0 Å². The van der Waals surface area contributed by atoms with Gasteiger partial charge >= 0.3 is 16.2 Å². The number of nitrogens with one attached hydrogen (secondary N) is 3. The van der Waals surface area contributed by atoms with E-state index >= 15 is 0 Å². The van der Waals surface area contributed by atoms with Crippen molar-refractivity contribution in [3.8, 4) is 0 Å². The summed E-state index contributed by atoms with van der Waals surface area (Å²) >= 11 is 0. The molecule has 1 aromatic carbocycles. The summed E-state index contributed by atoms with van der Waals surface area (Å²) in [6.45, 7) is 6.69. The van der Waals surface area contributed by atoms with E-state index in [0.717, 1.165) is 16.9 Å². The summed E-state index contributed by atoms with van der Waals surface area (Å²) in [6.07, 6.45) is 3.51. The van der Waals surface area contributed by atoms with Crippen molar-refractivity contribution in [1.82, 2.24) is 24.3 Å². The third kappa shape index (κ3) is 5.84. The highest BCUT2D eigenvalue weighted by atomic mass is 32.2. The average Bonchev–Trinajstić information content (AvgIpc) is 3.21. The van der Waals surface area contributed by atoms with E-state index in [-0.39, 0.29) is 6.03 Å². The molecule has 35 heavy (non-hydrogen) atoms. The Morgan fingerprint density at radius 2 is 1.83 bits per heavy atom. The number of fused-ring (bicyclic) bond motifs is 1. The minimum Gasteiger partial charge on any atom is -0.380 e. The summed E-state index contributed by atoms with van der Waals surface area (Å²) in [5, 5.41) is 5.54. The monoisotopic (exact) mass is 500 g/mol. The van der Waals surface area contributed by atoms with E-state index in [1.54, 1.807) is 55.3 Å². The molecule has 1 amide bonds. The molecular weight excluding hydrogens is 468 g/mol. The first kappa shape index (κ1) is 24.8. The Hall–Kier alpha value is -3.35. The highest BCUT2D eigenvalue weighted by molar-refractivity contribution is 7.90. The number of amides is 1. The van der Waals surface area contributed by atoms with Crippen molar-refractivity contribution in [1.29, 1.82) is 0 Å². The Morgan fingerprint density at radius 3 is 2.51 bits per heavy atom. The minimum absolute atomic E-state index is 0.108. The smallest absolute Gasteiger partial charge is 0.328 e. The van der Waals surface area contributed by atoms with E-state index < -0.39 is 10.2 Å². The molecule has 2 aromatic heterocycles. The van der Waals surface area contributed by atoms with Crippen LogP contribution in [-0.4, -0.2) is 80.2 Å². The highest BCUT2D eigenvalue weighted by Gasteiger charge is 2.25. The number of pyridine rings is 1. The van der Waals surface area contributed by atoms with Crippen LogP contribution in [0.5, 0.6) is 0 Å². The number of hydrogen-bond donors (Lipinski definition) is 3. The SMILES string of the molecule is CC(C)Nc1cccnc1N1CCN(C(=O)n2ccc3cc(NS(=O)(=O)NN(C)C)ccc32)CC1. The fourth-order valence-electron chi connectivity index (χ4n) is 4.13. The second-order valence-corrected chi connectivity index (χ2v) is 10.4. The summed E-state index contributed by atoms with van der Waals surface area (Å²) in [5.41, 5.74) is 2.12. The van der Waals surface area contributed by atoms with Crippen molar-refractivity contribution in [3.63, 3.8) is 0 Å². The Labute approximate surface area is 205 Å². The van der Waals surface area contributed by atoms with Gasteiger partial charge in [0, 0.05) is 64.1 Å². The lowest BCUT2D eigenvalue weighted by Crippen LogP contribution is -2.50. The van der Waals surface area contributed by atoms with Crippen molar-refractivity contribution >= 4 is 44.3 Å². The molecule has 0 aliphatic carbocycles. The molecule has 188 valence electrons. The van der Waals surface area contributed by atoms with Crippen molar-refractivity contribution in [2.45, 2.75) is 19.9 Å². The number of benzene rings is 1. The van der Waals surface area contributed by atoms with Crippen LogP contribution in [0.25, 0.3) is 10.9 Å². The number of aromatic nitrogens is 2. The zero-order chi connectivity index (χ0) is 25.2. The normalized spacial score (nSPS) is 14.7. The molecule has 0 radical (unpaired) electrons. The van der Waals surface area contributed by atoms with Gasteiger partial charge in [0.25, 0.3) is 0 Å². The number of rotatable bonds is 7. The van der Waals surface area contributed by atoms with Gasteiger partial charge in [-0.3, -0.25) is 9.29 Å². The number of anilines is 3. The summed E-state index contributed by atoms with van der Waals surface area (Å²) < 4.78 is 28.3. The standard InChI is InChI=1S/C23H32N8O3S/c1-17(2)25-20-6-5-10-24-22(20)29-12-14-30(15-13-29)23(32)31-11-9-18-16-19(7-8-21(18)31)26-35(33,34)27-28(3)4/h5-11,16-17,25-27H,12-15H2,1-4H3. The van der Waals surface area contributed by atoms with Crippen LogP contribution in [0, 0.1) is 0 Å². The first-order chi connectivity index (χ1) is 16.6. The van der Waals surface area contributed by atoms with Crippen LogP contribution in [0.3, 0.4) is 0 Å². The van der Waals surface area contributed by atoms with Crippen LogP contribution >= 0.6 is 0 Å². The molecule has 4 rings (SSSR count). The summed E-state index contributed by atoms with van der Waals surface area (Å²) in [7, 11) is -0.559. The minimum atomic E-state index is -3.74. The van der Waals surface area contributed by atoms with Gasteiger partial charge in [-0.25, -0.2) is 14.8 Å². The molecule has 1 aliphatic rings. The van der Waals surface area contributed by atoms with Gasteiger partial charge in [0.2, 0.25) is 0 Å². The maximum absolute atomic E-state index is 13.3. The molecule has 1 saturated heterocycles. The maximum atomic E-state index is 13.3. The summed E-state index contributed by atoms with van der Waals surface area (Å²) in [6, 6.07) is 11.0. The molecule has 0 spiro atoms. The second kappa shape index (κ2) is 10.1. The number of hydrogen-bond acceptors (Lipinski definition) is 7. The van der Waals surface area contributed by atoms with E-state index in [0.29, 0.717) is 43.4 Å². The topological polar surface area (TPSA) is 115 Å². The zero-order valence-electron chi connectivity index (χ0n) is 20.4. The quantitative estimate of drug-likeness (QED) is 0.427. The van der Waals surface area contributed by atoms with Gasteiger partial charge in [0.05, 0.1) is 16.9 Å². The molecule has 0 unspecified atom stereocenters. The summed E-state index contributed by atoms with van der Waals surface area (Å²) in [4.78, 5) is 24.2. The third-order valence-electron chi connectivity index (χ3n) is 5.53. The molecule has 3 N–H and O–H groups in total. The van der Waals surface area contributed by atoms with Gasteiger partial charge in [0.1, 0.15) is 0 Å². The maximum Gasteiger partial charge on any atom is 0.328 e. The molecule has 3 aromatic rings. The van der Waals surface area contributed by atoms with Crippen LogP contribution in [0.15, 0.2) is 48.8 Å². The van der Waals surface area contributed by atoms with Crippen LogP contribution < -0.4 is 19.8 Å². The molecule has 1 fully saturated rings. The van der Waals surface area contributed by atoms with Crippen LogP contribution in [0.2, 0.25) is 0 Å². The Bertz CT molecular complexity index is 1300. The van der Waals surface area contributed by atoms with Crippen molar-refractivity contribution in [3.05, 3.63) is 48.8 Å². The fourth-order valence-corrected chi connectivity index (χ4v) is 5.09. The number of hydrazine groups is 1. The van der Waals surface area contributed by atoms with E-state index in [2.05, 4.69) is 38.6 Å². The van der Waals surface area contributed by atoms with Crippen molar-refractivity contribution in [2.24, 2.45) is 0 Å². The lowest BCUT2D eigenvalue weighted by molar-refractivity contribution is 0.197. The average molecular weight is 501 g/mol. The molecule has 3 heterocycles. The molecule has 12 heteroatoms. The van der Waals surface area contributed by atoms with E-state index in [4.69, 9.17) is 0 Å². The summed E-state index contributed by atoms with van der Waals surface area (Å²) in [5.74, 6) is 0.901. The largest absolute Gasteiger partial charge is 0.380 e. The molecule has 11 nitrogen and oxygen atoms in total. The zero-order valence-corrected chi connectivity index (χ0v) is 21.2. The van der Waals surface area contributed by atoms with Gasteiger partial charge in [-0.2, -0.15) is 8.42 Å². The molecule has 0 saturated carbocycles. The van der Waals surface area contributed by atoms with E-state index in [1.165, 1.54) is 5.01 Å². The van der Waals surface area contributed by atoms with Crippen LogP contribution in [0.1, 0.15) is 13.8 Å². The number of carbonyl (C=O) groups excluding carboxylic acids is 1. The van der Waals surface area contributed by atoms with Gasteiger partial charge < -0.3 is 15.1 Å². The molecule has 1 aliphatic heterocycles. The lowest BCUT2D eigenvalue weighted by atomic mass is 10.2.